The van der Waals surface area contributed by atoms with Gasteiger partial charge in [0.05, 0.1) is 18.3 Å². The Bertz CT molecular complexity index is 477. The molecule has 1 fully saturated rings. The van der Waals surface area contributed by atoms with Crippen LogP contribution in [0.2, 0.25) is 0 Å². The minimum absolute atomic E-state index is 0.0208. The Morgan fingerprint density at radius 3 is 2.95 bits per heavy atom. The summed E-state index contributed by atoms with van der Waals surface area (Å²) in [7, 11) is 0. The van der Waals surface area contributed by atoms with E-state index in [1.807, 2.05) is 0 Å². The fourth-order valence-electron chi connectivity index (χ4n) is 2.05. The molecule has 7 heteroatoms. The number of aromatic nitrogens is 1. The zero-order valence-electron chi connectivity index (χ0n) is 10.7. The standard InChI is InChI=1S/C12H17N3O4/c1-7-5-9(10(13-7)11(16)17)15-12(18)14-8-3-2-4-19-6-8/h5,8,13H,2-4,6H2,1H3,(H,16,17)(H2,14,15,18). The van der Waals surface area contributed by atoms with Gasteiger partial charge in [-0.25, -0.2) is 9.59 Å². The van der Waals surface area contributed by atoms with Crippen LogP contribution in [-0.4, -0.2) is 41.3 Å². The third kappa shape index (κ3) is 3.47. The molecular weight excluding hydrogens is 250 g/mol. The van der Waals surface area contributed by atoms with Gasteiger partial charge in [-0.05, 0) is 25.8 Å². The van der Waals surface area contributed by atoms with Gasteiger partial charge in [0.1, 0.15) is 5.69 Å². The fraction of sp³-hybridized carbons (Fsp3) is 0.500. The first kappa shape index (κ1) is 13.4. The molecule has 0 bridgehead atoms. The highest BCUT2D eigenvalue weighted by molar-refractivity contribution is 5.99. The zero-order valence-corrected chi connectivity index (χ0v) is 10.7. The van der Waals surface area contributed by atoms with Gasteiger partial charge in [-0.1, -0.05) is 0 Å². The lowest BCUT2D eigenvalue weighted by atomic mass is 10.1. The molecule has 0 aliphatic carbocycles. The smallest absolute Gasteiger partial charge is 0.354 e. The number of rotatable bonds is 3. The third-order valence-corrected chi connectivity index (χ3v) is 2.91. The van der Waals surface area contributed by atoms with Crippen LogP contribution in [-0.2, 0) is 4.74 Å². The van der Waals surface area contributed by atoms with Crippen molar-refractivity contribution < 1.29 is 19.4 Å². The van der Waals surface area contributed by atoms with Crippen molar-refractivity contribution in [3.63, 3.8) is 0 Å². The monoisotopic (exact) mass is 267 g/mol. The SMILES string of the molecule is Cc1cc(NC(=O)NC2CCCOC2)c(C(=O)O)[nH]1. The molecule has 1 aromatic rings. The number of carboxylic acid groups (broad SMARTS) is 1. The number of nitrogens with one attached hydrogen (secondary N) is 3. The molecule has 1 saturated heterocycles. The number of urea groups is 1. The van der Waals surface area contributed by atoms with Crippen molar-refractivity contribution in [2.75, 3.05) is 18.5 Å². The number of carbonyl (C=O) groups excluding carboxylic acids is 1. The van der Waals surface area contributed by atoms with Gasteiger partial charge < -0.3 is 25.5 Å². The highest BCUT2D eigenvalue weighted by Gasteiger charge is 2.19. The van der Waals surface area contributed by atoms with Gasteiger partial charge in [0.25, 0.3) is 0 Å². The van der Waals surface area contributed by atoms with Crippen LogP contribution in [0.3, 0.4) is 0 Å². The first-order valence-electron chi connectivity index (χ1n) is 6.14. The number of anilines is 1. The van der Waals surface area contributed by atoms with E-state index in [2.05, 4.69) is 15.6 Å². The van der Waals surface area contributed by atoms with Crippen LogP contribution in [0, 0.1) is 6.92 Å². The predicted octanol–water partition coefficient (Wildman–Crippen LogP) is 1.32. The Morgan fingerprint density at radius 1 is 1.53 bits per heavy atom. The molecule has 0 radical (unpaired) electrons. The molecule has 1 atom stereocenters. The average molecular weight is 267 g/mol. The van der Waals surface area contributed by atoms with Crippen molar-refractivity contribution in [1.29, 1.82) is 0 Å². The summed E-state index contributed by atoms with van der Waals surface area (Å²) in [5, 5.41) is 14.3. The molecule has 7 nitrogen and oxygen atoms in total. The summed E-state index contributed by atoms with van der Waals surface area (Å²) in [6, 6.07) is 1.14. The van der Waals surface area contributed by atoms with Crippen molar-refractivity contribution in [2.45, 2.75) is 25.8 Å². The summed E-state index contributed by atoms with van der Waals surface area (Å²) in [5.74, 6) is -1.11. The maximum Gasteiger partial charge on any atom is 0.354 e. The molecule has 1 unspecified atom stereocenters. The number of carboxylic acids is 1. The minimum Gasteiger partial charge on any atom is -0.477 e. The molecule has 1 aromatic heterocycles. The maximum absolute atomic E-state index is 11.8. The zero-order chi connectivity index (χ0) is 13.8. The summed E-state index contributed by atoms with van der Waals surface area (Å²) in [5.41, 5.74) is 0.917. The molecule has 0 saturated carbocycles. The molecule has 4 N–H and O–H groups in total. The summed E-state index contributed by atoms with van der Waals surface area (Å²) < 4.78 is 5.26. The topological polar surface area (TPSA) is 103 Å². The van der Waals surface area contributed by atoms with Crippen molar-refractivity contribution in [3.8, 4) is 0 Å². The van der Waals surface area contributed by atoms with Crippen LogP contribution in [0.1, 0.15) is 29.0 Å². The lowest BCUT2D eigenvalue weighted by molar-refractivity contribution is 0.0692. The van der Waals surface area contributed by atoms with Gasteiger partial charge >= 0.3 is 12.0 Å². The Kier molecular flexibility index (Phi) is 4.06. The van der Waals surface area contributed by atoms with E-state index in [-0.39, 0.29) is 17.4 Å². The number of amides is 2. The number of ether oxygens (including phenoxy) is 1. The number of aryl methyl sites for hydroxylation is 1. The van der Waals surface area contributed by atoms with Crippen LogP contribution in [0.15, 0.2) is 6.07 Å². The molecule has 2 amide bonds. The van der Waals surface area contributed by atoms with Crippen LogP contribution < -0.4 is 10.6 Å². The summed E-state index contributed by atoms with van der Waals surface area (Å²) in [4.78, 5) is 25.5. The normalized spacial score (nSPS) is 18.9. The lowest BCUT2D eigenvalue weighted by Crippen LogP contribution is -2.42. The summed E-state index contributed by atoms with van der Waals surface area (Å²) in [6.45, 7) is 2.94. The molecule has 0 aromatic carbocycles. The van der Waals surface area contributed by atoms with Crippen molar-refractivity contribution in [1.82, 2.24) is 10.3 Å². The van der Waals surface area contributed by atoms with Gasteiger partial charge in [-0.15, -0.1) is 0 Å². The largest absolute Gasteiger partial charge is 0.477 e. The maximum atomic E-state index is 11.8. The predicted molar refractivity (Wildman–Crippen MR) is 68.5 cm³/mol. The molecule has 1 aliphatic heterocycles. The minimum atomic E-state index is -1.11. The highest BCUT2D eigenvalue weighted by Crippen LogP contribution is 2.16. The Labute approximate surface area is 110 Å². The van der Waals surface area contributed by atoms with E-state index >= 15 is 0 Å². The summed E-state index contributed by atoms with van der Waals surface area (Å²) >= 11 is 0. The third-order valence-electron chi connectivity index (χ3n) is 2.91. The average Bonchev–Trinajstić information content (AvgIpc) is 2.71. The van der Waals surface area contributed by atoms with Gasteiger partial charge in [0, 0.05) is 12.3 Å². The number of hydrogen-bond donors (Lipinski definition) is 4. The van der Waals surface area contributed by atoms with Crippen LogP contribution >= 0.6 is 0 Å². The summed E-state index contributed by atoms with van der Waals surface area (Å²) in [6.07, 6.45) is 1.78. The second kappa shape index (κ2) is 5.75. The Hall–Kier alpha value is -2.02. The van der Waals surface area contributed by atoms with Crippen molar-refractivity contribution >= 4 is 17.7 Å². The molecular formula is C12H17N3O4. The lowest BCUT2D eigenvalue weighted by Gasteiger charge is -2.23. The van der Waals surface area contributed by atoms with E-state index in [9.17, 15) is 9.59 Å². The van der Waals surface area contributed by atoms with Gasteiger partial charge in [-0.3, -0.25) is 0 Å². The Morgan fingerprint density at radius 2 is 2.32 bits per heavy atom. The molecule has 104 valence electrons. The molecule has 2 heterocycles. The number of aromatic carboxylic acids is 1. The van der Waals surface area contributed by atoms with Gasteiger partial charge in [0.2, 0.25) is 0 Å². The number of carbonyl (C=O) groups is 2. The van der Waals surface area contributed by atoms with E-state index in [0.717, 1.165) is 19.4 Å². The number of aromatic amines is 1. The van der Waals surface area contributed by atoms with Crippen molar-refractivity contribution in [2.24, 2.45) is 0 Å². The quantitative estimate of drug-likeness (QED) is 0.663. The molecule has 2 rings (SSSR count). The fourth-order valence-corrected chi connectivity index (χ4v) is 2.05. The van der Waals surface area contributed by atoms with E-state index in [0.29, 0.717) is 12.3 Å². The van der Waals surface area contributed by atoms with Crippen LogP contribution in [0.4, 0.5) is 10.5 Å². The van der Waals surface area contributed by atoms with Crippen LogP contribution in [0.5, 0.6) is 0 Å². The van der Waals surface area contributed by atoms with Gasteiger partial charge in [0.15, 0.2) is 0 Å². The highest BCUT2D eigenvalue weighted by atomic mass is 16.5. The first-order valence-corrected chi connectivity index (χ1v) is 6.14. The van der Waals surface area contributed by atoms with E-state index in [1.54, 1.807) is 13.0 Å². The van der Waals surface area contributed by atoms with E-state index in [1.165, 1.54) is 0 Å². The molecule has 19 heavy (non-hydrogen) atoms. The number of H-pyrrole nitrogens is 1. The van der Waals surface area contributed by atoms with Gasteiger partial charge in [-0.2, -0.15) is 0 Å². The Balaban J connectivity index is 1.96. The molecule has 1 aliphatic rings. The van der Waals surface area contributed by atoms with Crippen molar-refractivity contribution in [3.05, 3.63) is 17.5 Å². The second-order valence-electron chi connectivity index (χ2n) is 4.56. The second-order valence-corrected chi connectivity index (χ2v) is 4.56. The first-order chi connectivity index (χ1) is 9.06. The van der Waals surface area contributed by atoms with E-state index < -0.39 is 12.0 Å². The molecule has 0 spiro atoms. The number of hydrogen-bond acceptors (Lipinski definition) is 3. The van der Waals surface area contributed by atoms with Crippen LogP contribution in [0.25, 0.3) is 0 Å². The van der Waals surface area contributed by atoms with E-state index in [4.69, 9.17) is 9.84 Å².